The molecule has 0 aliphatic rings. The van der Waals surface area contributed by atoms with Crippen molar-refractivity contribution in [2.75, 3.05) is 5.75 Å². The topological polar surface area (TPSA) is 49.8 Å². The Morgan fingerprint density at radius 2 is 2.07 bits per heavy atom. The summed E-state index contributed by atoms with van der Waals surface area (Å²) in [5.41, 5.74) is 4.91. The van der Waals surface area contributed by atoms with Crippen LogP contribution in [0.2, 0.25) is 5.02 Å². The largest absolute Gasteiger partial charge is 0.313 e. The normalized spacial score (nSPS) is 14.4. The van der Waals surface area contributed by atoms with E-state index in [9.17, 15) is 0 Å². The van der Waals surface area contributed by atoms with Crippen LogP contribution in [-0.2, 0) is 0 Å². The van der Waals surface area contributed by atoms with Gasteiger partial charge >= 0.3 is 0 Å². The zero-order valence-electron chi connectivity index (χ0n) is 7.83. The number of thioether (sulfide) groups is 1. The molecular formula is C10H11ClN2S. The maximum atomic E-state index is 8.71. The van der Waals surface area contributed by atoms with Gasteiger partial charge in [-0.2, -0.15) is 5.26 Å². The Kier molecular flexibility index (Phi) is 3.82. The molecule has 0 aliphatic heterocycles. The number of nitrogens with two attached hydrogens (primary N) is 1. The Bertz CT molecular complexity index is 340. The number of benzene rings is 1. The van der Waals surface area contributed by atoms with E-state index in [1.54, 1.807) is 18.7 Å². The Morgan fingerprint density at radius 1 is 1.50 bits per heavy atom. The molecular weight excluding hydrogens is 216 g/mol. The van der Waals surface area contributed by atoms with Crippen molar-refractivity contribution in [3.63, 3.8) is 0 Å². The van der Waals surface area contributed by atoms with Crippen LogP contribution in [0.1, 0.15) is 6.92 Å². The number of nitriles is 1. The van der Waals surface area contributed by atoms with E-state index >= 15 is 0 Å². The first-order valence-corrected chi connectivity index (χ1v) is 5.48. The van der Waals surface area contributed by atoms with Gasteiger partial charge in [0.15, 0.2) is 0 Å². The third kappa shape index (κ3) is 3.59. The molecule has 14 heavy (non-hydrogen) atoms. The fraction of sp³-hybridized carbons (Fsp3) is 0.300. The van der Waals surface area contributed by atoms with Crippen molar-refractivity contribution < 1.29 is 0 Å². The number of halogens is 1. The Morgan fingerprint density at radius 3 is 2.57 bits per heavy atom. The minimum Gasteiger partial charge on any atom is -0.313 e. The summed E-state index contributed by atoms with van der Waals surface area (Å²) in [4.78, 5) is 1.07. The number of hydrogen-bond acceptors (Lipinski definition) is 3. The molecule has 0 aliphatic carbocycles. The highest BCUT2D eigenvalue weighted by atomic mass is 35.5. The second-order valence-corrected chi connectivity index (χ2v) is 4.76. The molecule has 0 aromatic heterocycles. The van der Waals surface area contributed by atoms with Crippen LogP contribution in [0, 0.1) is 11.3 Å². The van der Waals surface area contributed by atoms with Crippen molar-refractivity contribution in [3.8, 4) is 6.07 Å². The van der Waals surface area contributed by atoms with Gasteiger partial charge in [-0.1, -0.05) is 11.6 Å². The summed E-state index contributed by atoms with van der Waals surface area (Å²) in [7, 11) is 0. The van der Waals surface area contributed by atoms with Gasteiger partial charge in [0.25, 0.3) is 0 Å². The standard InChI is InChI=1S/C10H11ClN2S/c1-10(13,6-12)7-14-9-4-2-8(11)3-5-9/h2-5H,7,13H2,1H3. The maximum Gasteiger partial charge on any atom is 0.110 e. The van der Waals surface area contributed by atoms with E-state index in [0.29, 0.717) is 10.8 Å². The highest BCUT2D eigenvalue weighted by Crippen LogP contribution is 2.22. The quantitative estimate of drug-likeness (QED) is 0.807. The molecule has 0 spiro atoms. The van der Waals surface area contributed by atoms with Crippen molar-refractivity contribution >= 4 is 23.4 Å². The first-order valence-electron chi connectivity index (χ1n) is 4.12. The number of nitrogens with zero attached hydrogens (tertiary/aromatic N) is 1. The molecule has 2 N–H and O–H groups in total. The SMILES string of the molecule is CC(N)(C#N)CSc1ccc(Cl)cc1. The third-order valence-electron chi connectivity index (χ3n) is 1.61. The number of rotatable bonds is 3. The van der Waals surface area contributed by atoms with E-state index in [0.717, 1.165) is 4.90 Å². The van der Waals surface area contributed by atoms with Crippen LogP contribution < -0.4 is 5.73 Å². The molecule has 1 rings (SSSR count). The van der Waals surface area contributed by atoms with Crippen molar-refractivity contribution in [3.05, 3.63) is 29.3 Å². The Labute approximate surface area is 93.1 Å². The molecule has 0 fully saturated rings. The molecule has 4 heteroatoms. The summed E-state index contributed by atoms with van der Waals surface area (Å²) >= 11 is 7.30. The monoisotopic (exact) mass is 226 g/mol. The lowest BCUT2D eigenvalue weighted by Crippen LogP contribution is -2.36. The van der Waals surface area contributed by atoms with E-state index in [2.05, 4.69) is 6.07 Å². The fourth-order valence-electron chi connectivity index (χ4n) is 0.796. The van der Waals surface area contributed by atoms with E-state index in [1.807, 2.05) is 24.3 Å². The molecule has 2 nitrogen and oxygen atoms in total. The van der Waals surface area contributed by atoms with Gasteiger partial charge in [0.05, 0.1) is 6.07 Å². The van der Waals surface area contributed by atoms with Crippen LogP contribution in [0.5, 0.6) is 0 Å². The van der Waals surface area contributed by atoms with E-state index < -0.39 is 5.54 Å². The van der Waals surface area contributed by atoms with Crippen LogP contribution in [-0.4, -0.2) is 11.3 Å². The minimum atomic E-state index is -0.774. The van der Waals surface area contributed by atoms with Crippen LogP contribution >= 0.6 is 23.4 Å². The maximum absolute atomic E-state index is 8.71. The smallest absolute Gasteiger partial charge is 0.110 e. The summed E-state index contributed by atoms with van der Waals surface area (Å²) in [5, 5.41) is 9.42. The highest BCUT2D eigenvalue weighted by molar-refractivity contribution is 7.99. The summed E-state index contributed by atoms with van der Waals surface area (Å²) in [6.45, 7) is 1.72. The van der Waals surface area contributed by atoms with Crippen molar-refractivity contribution in [1.29, 1.82) is 5.26 Å². The molecule has 0 amide bonds. The summed E-state index contributed by atoms with van der Waals surface area (Å²) in [5.74, 6) is 0.575. The number of hydrogen-bond donors (Lipinski definition) is 1. The lowest BCUT2D eigenvalue weighted by atomic mass is 10.1. The van der Waals surface area contributed by atoms with Gasteiger partial charge in [0.1, 0.15) is 5.54 Å². The molecule has 1 aromatic carbocycles. The molecule has 74 valence electrons. The van der Waals surface area contributed by atoms with Gasteiger partial charge in [-0.3, -0.25) is 0 Å². The summed E-state index contributed by atoms with van der Waals surface area (Å²) in [6.07, 6.45) is 0. The highest BCUT2D eigenvalue weighted by Gasteiger charge is 2.16. The molecule has 1 atom stereocenters. The van der Waals surface area contributed by atoms with Gasteiger partial charge in [-0.15, -0.1) is 11.8 Å². The minimum absolute atomic E-state index is 0.575. The fourth-order valence-corrected chi connectivity index (χ4v) is 1.78. The average molecular weight is 227 g/mol. The molecule has 1 aromatic rings. The third-order valence-corrected chi connectivity index (χ3v) is 3.21. The van der Waals surface area contributed by atoms with Crippen LogP contribution in [0.25, 0.3) is 0 Å². The first-order chi connectivity index (χ1) is 6.53. The second kappa shape index (κ2) is 4.70. The lowest BCUT2D eigenvalue weighted by Gasteiger charge is -2.13. The molecule has 0 bridgehead atoms. The van der Waals surface area contributed by atoms with E-state index in [-0.39, 0.29) is 0 Å². The molecule has 0 saturated carbocycles. The zero-order valence-corrected chi connectivity index (χ0v) is 9.40. The van der Waals surface area contributed by atoms with Gasteiger partial charge in [-0.05, 0) is 31.2 Å². The average Bonchev–Trinajstić information content (AvgIpc) is 2.17. The molecule has 0 radical (unpaired) electrons. The zero-order chi connectivity index (χ0) is 10.6. The van der Waals surface area contributed by atoms with Crippen LogP contribution in [0.3, 0.4) is 0 Å². The van der Waals surface area contributed by atoms with Crippen molar-refractivity contribution in [2.24, 2.45) is 5.73 Å². The van der Waals surface area contributed by atoms with E-state index in [4.69, 9.17) is 22.6 Å². The van der Waals surface area contributed by atoms with Gasteiger partial charge in [0.2, 0.25) is 0 Å². The van der Waals surface area contributed by atoms with Crippen LogP contribution in [0.15, 0.2) is 29.2 Å². The molecule has 0 saturated heterocycles. The first kappa shape index (κ1) is 11.4. The van der Waals surface area contributed by atoms with E-state index in [1.165, 1.54) is 0 Å². The Hall–Kier alpha value is -0.690. The predicted molar refractivity (Wildman–Crippen MR) is 60.4 cm³/mol. The summed E-state index contributed by atoms with van der Waals surface area (Å²) in [6, 6.07) is 9.54. The second-order valence-electron chi connectivity index (χ2n) is 3.27. The van der Waals surface area contributed by atoms with Crippen LogP contribution in [0.4, 0.5) is 0 Å². The molecule has 1 unspecified atom stereocenters. The van der Waals surface area contributed by atoms with Gasteiger partial charge < -0.3 is 5.73 Å². The van der Waals surface area contributed by atoms with Crippen molar-refractivity contribution in [2.45, 2.75) is 17.4 Å². The predicted octanol–water partition coefficient (Wildman–Crippen LogP) is 2.67. The Balaban J connectivity index is 2.55. The lowest BCUT2D eigenvalue weighted by molar-refractivity contribution is 0.682. The summed E-state index contributed by atoms with van der Waals surface area (Å²) < 4.78 is 0. The van der Waals surface area contributed by atoms with Gasteiger partial charge in [-0.25, -0.2) is 0 Å². The molecule has 0 heterocycles. The van der Waals surface area contributed by atoms with Gasteiger partial charge in [0, 0.05) is 15.7 Å². The van der Waals surface area contributed by atoms with Crippen molar-refractivity contribution in [1.82, 2.24) is 0 Å².